The van der Waals surface area contributed by atoms with Crippen LogP contribution >= 0.6 is 0 Å². The van der Waals surface area contributed by atoms with Gasteiger partial charge in [0.15, 0.2) is 6.10 Å². The zero-order valence-corrected chi connectivity index (χ0v) is 28.0. The van der Waals surface area contributed by atoms with Crippen molar-refractivity contribution in [2.45, 2.75) is 200 Å². The lowest BCUT2D eigenvalue weighted by Gasteiger charge is -2.15. The first kappa shape index (κ1) is 40.6. The van der Waals surface area contributed by atoms with Gasteiger partial charge in [0, 0.05) is 12.8 Å². The van der Waals surface area contributed by atoms with Crippen molar-refractivity contribution in [1.82, 2.24) is 0 Å². The average Bonchev–Trinajstić information content (AvgIpc) is 2.99. The molecule has 42 heavy (non-hydrogen) atoms. The minimum atomic E-state index is -0.767. The lowest BCUT2D eigenvalue weighted by molar-refractivity contribution is -0.161. The van der Waals surface area contributed by atoms with Gasteiger partial charge in [0.25, 0.3) is 0 Å². The first-order valence-electron chi connectivity index (χ1n) is 18.2. The Labute approximate surface area is 261 Å². The van der Waals surface area contributed by atoms with Crippen LogP contribution in [0.2, 0.25) is 0 Å². The van der Waals surface area contributed by atoms with Crippen LogP contribution in [0.3, 0.4) is 0 Å². The van der Waals surface area contributed by atoms with E-state index >= 15 is 0 Å². The first-order chi connectivity index (χ1) is 20.6. The van der Waals surface area contributed by atoms with Crippen LogP contribution in [0.25, 0.3) is 0 Å². The summed E-state index contributed by atoms with van der Waals surface area (Å²) in [4.78, 5) is 24.2. The Morgan fingerprint density at radius 2 is 0.881 bits per heavy atom. The lowest BCUT2D eigenvalue weighted by atomic mass is 10.0. The SMILES string of the molecule is CCCCCCC/C=C\CCCCCCCC(=O)OC(CO)COC(=O)CCCCCCCCCCCCCCCC. The van der Waals surface area contributed by atoms with Crippen LogP contribution in [0, 0.1) is 0 Å². The van der Waals surface area contributed by atoms with Gasteiger partial charge in [-0.3, -0.25) is 9.59 Å². The molecule has 0 aliphatic rings. The standard InChI is InChI=1S/C37H70O5/c1-3-5-7-9-11-13-15-17-19-21-23-25-27-29-31-36(39)41-34-35(33-38)42-37(40)32-30-28-26-24-22-20-18-16-14-12-10-8-6-4-2/h16,18,35,38H,3-15,17,19-34H2,1-2H3/b18-16-. The number of hydrogen-bond donors (Lipinski definition) is 1. The molecular formula is C37H70O5. The Morgan fingerprint density at radius 1 is 0.524 bits per heavy atom. The second kappa shape index (κ2) is 34.1. The van der Waals surface area contributed by atoms with Crippen LogP contribution < -0.4 is 0 Å². The van der Waals surface area contributed by atoms with E-state index in [2.05, 4.69) is 26.0 Å². The average molecular weight is 595 g/mol. The van der Waals surface area contributed by atoms with Crippen LogP contribution in [0.15, 0.2) is 12.2 Å². The molecule has 0 bridgehead atoms. The van der Waals surface area contributed by atoms with E-state index in [1.54, 1.807) is 0 Å². The van der Waals surface area contributed by atoms with Crippen molar-refractivity contribution in [2.24, 2.45) is 0 Å². The van der Waals surface area contributed by atoms with Gasteiger partial charge in [0.1, 0.15) is 6.61 Å². The zero-order chi connectivity index (χ0) is 30.8. The van der Waals surface area contributed by atoms with Crippen LogP contribution in [0.1, 0.15) is 194 Å². The summed E-state index contributed by atoms with van der Waals surface area (Å²) in [7, 11) is 0. The van der Waals surface area contributed by atoms with E-state index in [1.165, 1.54) is 122 Å². The van der Waals surface area contributed by atoms with Crippen molar-refractivity contribution < 1.29 is 24.2 Å². The maximum Gasteiger partial charge on any atom is 0.306 e. The number of carbonyl (C=O) groups is 2. The van der Waals surface area contributed by atoms with E-state index in [1.807, 2.05) is 0 Å². The summed E-state index contributed by atoms with van der Waals surface area (Å²) in [6, 6.07) is 0. The molecule has 0 aromatic rings. The van der Waals surface area contributed by atoms with Crippen LogP contribution in [0.5, 0.6) is 0 Å². The Kier molecular flexibility index (Phi) is 33.0. The molecule has 1 N–H and O–H groups in total. The Balaban J connectivity index is 3.55. The Hall–Kier alpha value is -1.36. The smallest absolute Gasteiger partial charge is 0.306 e. The number of carbonyl (C=O) groups excluding carboxylic acids is 2. The van der Waals surface area contributed by atoms with E-state index in [4.69, 9.17) is 9.47 Å². The molecule has 0 heterocycles. The normalized spacial score (nSPS) is 12.2. The van der Waals surface area contributed by atoms with Crippen LogP contribution in [-0.4, -0.2) is 36.4 Å². The van der Waals surface area contributed by atoms with Crippen molar-refractivity contribution in [3.8, 4) is 0 Å². The highest BCUT2D eigenvalue weighted by Crippen LogP contribution is 2.14. The quantitative estimate of drug-likeness (QED) is 0.0465. The third-order valence-electron chi connectivity index (χ3n) is 8.06. The van der Waals surface area contributed by atoms with Gasteiger partial charge in [-0.2, -0.15) is 0 Å². The molecule has 1 atom stereocenters. The number of ether oxygens (including phenoxy) is 2. The molecule has 0 radical (unpaired) electrons. The monoisotopic (exact) mass is 595 g/mol. The molecule has 0 aliphatic carbocycles. The highest BCUT2D eigenvalue weighted by Gasteiger charge is 2.16. The van der Waals surface area contributed by atoms with Gasteiger partial charge in [0.2, 0.25) is 0 Å². The largest absolute Gasteiger partial charge is 0.462 e. The molecule has 0 saturated heterocycles. The van der Waals surface area contributed by atoms with E-state index in [9.17, 15) is 14.7 Å². The van der Waals surface area contributed by atoms with Crippen LogP contribution in [0.4, 0.5) is 0 Å². The van der Waals surface area contributed by atoms with E-state index < -0.39 is 6.10 Å². The lowest BCUT2D eigenvalue weighted by Crippen LogP contribution is -2.28. The van der Waals surface area contributed by atoms with Gasteiger partial charge in [-0.15, -0.1) is 0 Å². The fraction of sp³-hybridized carbons (Fsp3) is 0.892. The van der Waals surface area contributed by atoms with Crippen molar-refractivity contribution in [1.29, 1.82) is 0 Å². The third kappa shape index (κ3) is 31.6. The molecule has 1 unspecified atom stereocenters. The summed E-state index contributed by atoms with van der Waals surface area (Å²) in [6.07, 6.45) is 36.9. The number of aliphatic hydroxyl groups is 1. The molecule has 0 aromatic carbocycles. The fourth-order valence-electron chi connectivity index (χ4n) is 5.25. The molecule has 0 amide bonds. The Morgan fingerprint density at radius 3 is 1.29 bits per heavy atom. The van der Waals surface area contributed by atoms with Crippen molar-refractivity contribution in [3.63, 3.8) is 0 Å². The number of unbranched alkanes of at least 4 members (excludes halogenated alkanes) is 23. The van der Waals surface area contributed by atoms with Crippen molar-refractivity contribution in [2.75, 3.05) is 13.2 Å². The molecule has 0 fully saturated rings. The Bertz CT molecular complexity index is 603. The number of rotatable bonds is 33. The molecular weight excluding hydrogens is 524 g/mol. The molecule has 5 heteroatoms. The summed E-state index contributed by atoms with van der Waals surface area (Å²) in [6.45, 7) is 4.12. The molecule has 0 aromatic heterocycles. The summed E-state index contributed by atoms with van der Waals surface area (Å²) in [5.41, 5.74) is 0. The van der Waals surface area contributed by atoms with Gasteiger partial charge in [-0.05, 0) is 38.5 Å². The van der Waals surface area contributed by atoms with Crippen LogP contribution in [-0.2, 0) is 19.1 Å². The van der Waals surface area contributed by atoms with Gasteiger partial charge in [-0.25, -0.2) is 0 Å². The fourth-order valence-corrected chi connectivity index (χ4v) is 5.25. The minimum Gasteiger partial charge on any atom is -0.462 e. The maximum absolute atomic E-state index is 12.1. The highest BCUT2D eigenvalue weighted by atomic mass is 16.6. The number of esters is 2. The number of allylic oxidation sites excluding steroid dienone is 2. The van der Waals surface area contributed by atoms with Gasteiger partial charge < -0.3 is 14.6 Å². The maximum atomic E-state index is 12.1. The van der Waals surface area contributed by atoms with E-state index in [-0.39, 0.29) is 25.2 Å². The van der Waals surface area contributed by atoms with E-state index in [0.717, 1.165) is 44.9 Å². The summed E-state index contributed by atoms with van der Waals surface area (Å²) >= 11 is 0. The second-order valence-electron chi connectivity index (χ2n) is 12.3. The summed E-state index contributed by atoms with van der Waals surface area (Å²) in [5, 5.41) is 9.52. The predicted octanol–water partition coefficient (Wildman–Crippen LogP) is 11.0. The van der Waals surface area contributed by atoms with Gasteiger partial charge in [-0.1, -0.05) is 154 Å². The number of aliphatic hydroxyl groups excluding tert-OH is 1. The van der Waals surface area contributed by atoms with Crippen molar-refractivity contribution >= 4 is 11.9 Å². The zero-order valence-electron chi connectivity index (χ0n) is 28.0. The van der Waals surface area contributed by atoms with Gasteiger partial charge in [0.05, 0.1) is 6.61 Å². The topological polar surface area (TPSA) is 72.8 Å². The molecule has 0 spiro atoms. The molecule has 248 valence electrons. The predicted molar refractivity (Wildman–Crippen MR) is 178 cm³/mol. The first-order valence-corrected chi connectivity index (χ1v) is 18.2. The van der Waals surface area contributed by atoms with Gasteiger partial charge >= 0.3 is 11.9 Å². The summed E-state index contributed by atoms with van der Waals surface area (Å²) in [5.74, 6) is -0.593. The highest BCUT2D eigenvalue weighted by molar-refractivity contribution is 5.70. The van der Waals surface area contributed by atoms with Crippen molar-refractivity contribution in [3.05, 3.63) is 12.2 Å². The number of hydrogen-bond acceptors (Lipinski definition) is 5. The molecule has 0 saturated carbocycles. The molecule has 5 nitrogen and oxygen atoms in total. The minimum absolute atomic E-state index is 0.0636. The van der Waals surface area contributed by atoms with E-state index in [0.29, 0.717) is 12.8 Å². The third-order valence-corrected chi connectivity index (χ3v) is 8.06. The second-order valence-corrected chi connectivity index (χ2v) is 12.3. The summed E-state index contributed by atoms with van der Waals surface area (Å²) < 4.78 is 10.6. The molecule has 0 rings (SSSR count). The molecule has 0 aliphatic heterocycles.